The molecule has 134 valence electrons. The number of carbonyl (C=O) groups is 1. The molecule has 8 nitrogen and oxygen atoms in total. The van der Waals surface area contributed by atoms with Crippen molar-refractivity contribution in [3.8, 4) is 5.69 Å². The number of benzene rings is 1. The number of pyridine rings is 1. The van der Waals surface area contributed by atoms with Crippen molar-refractivity contribution in [2.45, 2.75) is 17.4 Å². The van der Waals surface area contributed by atoms with Crippen molar-refractivity contribution >= 4 is 16.0 Å². The molecular formula is C17H16N4O4S. The Morgan fingerprint density at radius 1 is 1.15 bits per heavy atom. The van der Waals surface area contributed by atoms with E-state index in [9.17, 15) is 18.3 Å². The van der Waals surface area contributed by atoms with E-state index in [4.69, 9.17) is 0 Å². The van der Waals surface area contributed by atoms with Gasteiger partial charge in [0.15, 0.2) is 0 Å². The number of rotatable bonds is 7. The van der Waals surface area contributed by atoms with Gasteiger partial charge in [-0.3, -0.25) is 9.78 Å². The molecule has 0 aliphatic heterocycles. The van der Waals surface area contributed by atoms with Crippen LogP contribution in [-0.4, -0.2) is 40.3 Å². The van der Waals surface area contributed by atoms with Gasteiger partial charge in [0, 0.05) is 12.4 Å². The molecule has 0 radical (unpaired) electrons. The molecule has 2 heterocycles. The van der Waals surface area contributed by atoms with Crippen LogP contribution >= 0.6 is 0 Å². The van der Waals surface area contributed by atoms with Gasteiger partial charge in [0.2, 0.25) is 10.0 Å². The Hall–Kier alpha value is -3.04. The highest BCUT2D eigenvalue weighted by Crippen LogP contribution is 2.13. The molecule has 1 atom stereocenters. The second-order valence-electron chi connectivity index (χ2n) is 5.53. The molecule has 1 unspecified atom stereocenters. The van der Waals surface area contributed by atoms with Crippen molar-refractivity contribution in [2.75, 3.05) is 0 Å². The second kappa shape index (κ2) is 7.46. The first-order chi connectivity index (χ1) is 12.5. The molecule has 0 aliphatic rings. The number of hydrogen-bond donors (Lipinski definition) is 2. The molecule has 0 aliphatic carbocycles. The zero-order valence-corrected chi connectivity index (χ0v) is 14.4. The average molecular weight is 372 g/mol. The minimum atomic E-state index is -4.04. The van der Waals surface area contributed by atoms with Crippen molar-refractivity contribution in [2.24, 2.45) is 0 Å². The molecule has 9 heteroatoms. The summed E-state index contributed by atoms with van der Waals surface area (Å²) in [6.45, 7) is 0. The van der Waals surface area contributed by atoms with Crippen molar-refractivity contribution in [1.82, 2.24) is 19.5 Å². The summed E-state index contributed by atoms with van der Waals surface area (Å²) in [5.74, 6) is -1.26. The number of aliphatic carboxylic acids is 1. The van der Waals surface area contributed by atoms with Crippen LogP contribution in [0.2, 0.25) is 0 Å². The first-order valence-electron chi connectivity index (χ1n) is 7.70. The SMILES string of the molecule is O=C(O)C(Cc1ccncc1)NS(=O)(=O)c1cnn(-c2ccccc2)c1. The van der Waals surface area contributed by atoms with Gasteiger partial charge in [0.05, 0.1) is 18.1 Å². The van der Waals surface area contributed by atoms with Crippen LogP contribution in [0.1, 0.15) is 5.56 Å². The topological polar surface area (TPSA) is 114 Å². The number of hydrogen-bond acceptors (Lipinski definition) is 5. The molecule has 0 bridgehead atoms. The van der Waals surface area contributed by atoms with E-state index in [-0.39, 0.29) is 11.3 Å². The Morgan fingerprint density at radius 2 is 1.85 bits per heavy atom. The predicted octanol–water partition coefficient (Wildman–Crippen LogP) is 1.24. The summed E-state index contributed by atoms with van der Waals surface area (Å²) in [5.41, 5.74) is 1.36. The van der Waals surface area contributed by atoms with Crippen molar-refractivity contribution in [3.05, 3.63) is 72.8 Å². The monoisotopic (exact) mass is 372 g/mol. The fourth-order valence-corrected chi connectivity index (χ4v) is 3.48. The van der Waals surface area contributed by atoms with Crippen LogP contribution in [0.15, 0.2) is 72.1 Å². The third kappa shape index (κ3) is 4.13. The third-order valence-corrected chi connectivity index (χ3v) is 5.10. The van der Waals surface area contributed by atoms with E-state index < -0.39 is 22.0 Å². The van der Waals surface area contributed by atoms with Crippen LogP contribution in [0.3, 0.4) is 0 Å². The average Bonchev–Trinajstić information content (AvgIpc) is 3.14. The standard InChI is InChI=1S/C17H16N4O4S/c22-17(23)16(10-13-6-8-18-9-7-13)20-26(24,25)15-11-19-21(12-15)14-4-2-1-3-5-14/h1-9,11-12,16,20H,10H2,(H,22,23). The molecule has 2 N–H and O–H groups in total. The predicted molar refractivity (Wildman–Crippen MR) is 93.3 cm³/mol. The number of sulfonamides is 1. The fourth-order valence-electron chi connectivity index (χ4n) is 2.36. The summed E-state index contributed by atoms with van der Waals surface area (Å²) in [6.07, 6.45) is 5.56. The van der Waals surface area contributed by atoms with Crippen molar-refractivity contribution in [1.29, 1.82) is 0 Å². The van der Waals surface area contributed by atoms with E-state index >= 15 is 0 Å². The lowest BCUT2D eigenvalue weighted by Crippen LogP contribution is -2.42. The minimum Gasteiger partial charge on any atom is -0.480 e. The summed E-state index contributed by atoms with van der Waals surface area (Å²) in [7, 11) is -4.04. The zero-order chi connectivity index (χ0) is 18.6. The summed E-state index contributed by atoms with van der Waals surface area (Å²) < 4.78 is 28.7. The highest BCUT2D eigenvalue weighted by atomic mass is 32.2. The van der Waals surface area contributed by atoms with Crippen LogP contribution < -0.4 is 4.72 Å². The Bertz CT molecular complexity index is 988. The van der Waals surface area contributed by atoms with E-state index in [1.54, 1.807) is 36.4 Å². The van der Waals surface area contributed by atoms with E-state index in [2.05, 4.69) is 14.8 Å². The van der Waals surface area contributed by atoms with Gasteiger partial charge < -0.3 is 5.11 Å². The van der Waals surface area contributed by atoms with Crippen molar-refractivity contribution < 1.29 is 18.3 Å². The summed E-state index contributed by atoms with van der Waals surface area (Å²) >= 11 is 0. The zero-order valence-electron chi connectivity index (χ0n) is 13.6. The Morgan fingerprint density at radius 3 is 2.50 bits per heavy atom. The summed E-state index contributed by atoms with van der Waals surface area (Å²) in [5, 5.41) is 13.4. The molecular weight excluding hydrogens is 356 g/mol. The van der Waals surface area contributed by atoms with Crippen molar-refractivity contribution in [3.63, 3.8) is 0 Å². The van der Waals surface area contributed by atoms with Crippen LogP contribution in [0.4, 0.5) is 0 Å². The molecule has 0 saturated heterocycles. The number of para-hydroxylation sites is 1. The first kappa shape index (κ1) is 17.8. The maximum absolute atomic E-state index is 12.5. The van der Waals surface area contributed by atoms with Gasteiger partial charge in [0.1, 0.15) is 10.9 Å². The third-order valence-electron chi connectivity index (χ3n) is 3.67. The molecule has 0 saturated carbocycles. The van der Waals surface area contributed by atoms with Gasteiger partial charge >= 0.3 is 5.97 Å². The number of carboxylic acid groups (broad SMARTS) is 1. The van der Waals surface area contributed by atoms with Crippen LogP contribution in [0.25, 0.3) is 5.69 Å². The lowest BCUT2D eigenvalue weighted by Gasteiger charge is -2.14. The first-order valence-corrected chi connectivity index (χ1v) is 9.18. The van der Waals surface area contributed by atoms with E-state index in [0.717, 1.165) is 0 Å². The quantitative estimate of drug-likeness (QED) is 0.645. The molecule has 26 heavy (non-hydrogen) atoms. The minimum absolute atomic E-state index is 0.00387. The summed E-state index contributed by atoms with van der Waals surface area (Å²) in [6, 6.07) is 11.0. The largest absolute Gasteiger partial charge is 0.480 e. The van der Waals surface area contributed by atoms with E-state index in [1.165, 1.54) is 29.5 Å². The molecule has 1 aromatic carbocycles. The van der Waals surface area contributed by atoms with Gasteiger partial charge in [0.25, 0.3) is 0 Å². The Kier molecular flexibility index (Phi) is 5.10. The number of carboxylic acids is 1. The van der Waals surface area contributed by atoms with Crippen LogP contribution in [0.5, 0.6) is 0 Å². The fraction of sp³-hybridized carbons (Fsp3) is 0.118. The number of nitrogens with one attached hydrogen (secondary N) is 1. The number of aromatic nitrogens is 3. The van der Waals surface area contributed by atoms with Gasteiger partial charge in [-0.15, -0.1) is 0 Å². The van der Waals surface area contributed by atoms with Gasteiger partial charge in [-0.05, 0) is 36.2 Å². The van der Waals surface area contributed by atoms with Crippen LogP contribution in [0, 0.1) is 0 Å². The number of nitrogens with zero attached hydrogens (tertiary/aromatic N) is 3. The smallest absolute Gasteiger partial charge is 0.322 e. The molecule has 0 fully saturated rings. The van der Waals surface area contributed by atoms with Gasteiger partial charge in [-0.1, -0.05) is 18.2 Å². The highest BCUT2D eigenvalue weighted by Gasteiger charge is 2.26. The molecule has 3 rings (SSSR count). The normalized spacial score (nSPS) is 12.6. The van der Waals surface area contributed by atoms with E-state index in [0.29, 0.717) is 11.3 Å². The Balaban J connectivity index is 1.81. The molecule has 0 spiro atoms. The molecule has 2 aromatic heterocycles. The lowest BCUT2D eigenvalue weighted by molar-refractivity contribution is -0.138. The van der Waals surface area contributed by atoms with Crippen LogP contribution in [-0.2, 0) is 21.2 Å². The maximum Gasteiger partial charge on any atom is 0.322 e. The highest BCUT2D eigenvalue weighted by molar-refractivity contribution is 7.89. The molecule has 0 amide bonds. The van der Waals surface area contributed by atoms with E-state index in [1.807, 2.05) is 6.07 Å². The lowest BCUT2D eigenvalue weighted by atomic mass is 10.1. The second-order valence-corrected chi connectivity index (χ2v) is 7.24. The molecule has 3 aromatic rings. The Labute approximate surface area is 150 Å². The van der Waals surface area contributed by atoms with Gasteiger partial charge in [-0.25, -0.2) is 13.1 Å². The maximum atomic E-state index is 12.5. The summed E-state index contributed by atoms with van der Waals surface area (Å²) in [4.78, 5) is 15.2. The van der Waals surface area contributed by atoms with Gasteiger partial charge in [-0.2, -0.15) is 9.82 Å².